The molecular weight excluding hydrogens is 244 g/mol. The molecule has 2 heterocycles. The van der Waals surface area contributed by atoms with Crippen molar-refractivity contribution in [3.05, 3.63) is 41.8 Å². The molecule has 2 aromatic rings. The molecule has 0 aliphatic rings. The summed E-state index contributed by atoms with van der Waals surface area (Å²) in [7, 11) is 0. The van der Waals surface area contributed by atoms with Gasteiger partial charge in [-0.2, -0.15) is 4.98 Å². The van der Waals surface area contributed by atoms with Crippen LogP contribution in [0.15, 0.2) is 28.9 Å². The van der Waals surface area contributed by atoms with Crippen LogP contribution in [0, 0.1) is 0 Å². The van der Waals surface area contributed by atoms with Gasteiger partial charge in [0.05, 0.1) is 6.42 Å². The number of nitrogens with one attached hydrogen (secondary N) is 1. The molecule has 0 atom stereocenters. The fourth-order valence-electron chi connectivity index (χ4n) is 1.58. The van der Waals surface area contributed by atoms with E-state index in [9.17, 15) is 4.79 Å². The number of carbonyl (C=O) groups excluding carboxylic acids is 1. The molecule has 0 spiro atoms. The molecule has 100 valence electrons. The van der Waals surface area contributed by atoms with Crippen molar-refractivity contribution < 1.29 is 9.32 Å². The van der Waals surface area contributed by atoms with Crippen LogP contribution in [0.2, 0.25) is 0 Å². The molecule has 19 heavy (non-hydrogen) atoms. The Labute approximate surface area is 111 Å². The number of aromatic nitrogens is 3. The summed E-state index contributed by atoms with van der Waals surface area (Å²) >= 11 is 0. The maximum absolute atomic E-state index is 11.6. The fourth-order valence-corrected chi connectivity index (χ4v) is 1.58. The second kappa shape index (κ2) is 6.63. The van der Waals surface area contributed by atoms with Crippen LogP contribution in [0.5, 0.6) is 0 Å². The molecule has 0 aromatic carbocycles. The van der Waals surface area contributed by atoms with Gasteiger partial charge in [-0.1, -0.05) is 18.1 Å². The van der Waals surface area contributed by atoms with E-state index in [0.717, 1.165) is 12.1 Å². The summed E-state index contributed by atoms with van der Waals surface area (Å²) in [5, 5.41) is 6.62. The second-order valence-corrected chi connectivity index (χ2v) is 4.06. The minimum atomic E-state index is -0.0575. The number of hydrogen-bond donors (Lipinski definition) is 1. The molecule has 2 aromatic heterocycles. The van der Waals surface area contributed by atoms with E-state index in [2.05, 4.69) is 20.4 Å². The van der Waals surface area contributed by atoms with Crippen LogP contribution in [-0.2, 0) is 24.1 Å². The number of pyridine rings is 1. The third-order valence-electron chi connectivity index (χ3n) is 2.55. The molecule has 1 amide bonds. The molecule has 0 saturated carbocycles. The zero-order chi connectivity index (χ0) is 13.5. The van der Waals surface area contributed by atoms with Crippen molar-refractivity contribution >= 4 is 5.91 Å². The van der Waals surface area contributed by atoms with E-state index in [1.165, 1.54) is 0 Å². The molecule has 6 heteroatoms. The van der Waals surface area contributed by atoms with Gasteiger partial charge in [-0.25, -0.2) is 0 Å². The lowest BCUT2D eigenvalue weighted by Crippen LogP contribution is -2.27. The van der Waals surface area contributed by atoms with Crippen molar-refractivity contribution in [3.8, 4) is 0 Å². The van der Waals surface area contributed by atoms with E-state index in [4.69, 9.17) is 4.52 Å². The van der Waals surface area contributed by atoms with E-state index in [0.29, 0.717) is 24.7 Å². The van der Waals surface area contributed by atoms with Gasteiger partial charge in [0.15, 0.2) is 5.82 Å². The summed E-state index contributed by atoms with van der Waals surface area (Å²) in [6, 6.07) is 5.51. The Bertz CT molecular complexity index is 524. The summed E-state index contributed by atoms with van der Waals surface area (Å²) in [5.41, 5.74) is 0.757. The van der Waals surface area contributed by atoms with E-state index in [-0.39, 0.29) is 12.3 Å². The Hall–Kier alpha value is -2.24. The predicted molar refractivity (Wildman–Crippen MR) is 68.3 cm³/mol. The number of hydrogen-bond acceptors (Lipinski definition) is 5. The average molecular weight is 260 g/mol. The number of aryl methyl sites for hydroxylation is 1. The van der Waals surface area contributed by atoms with Gasteiger partial charge in [-0.15, -0.1) is 0 Å². The topological polar surface area (TPSA) is 80.9 Å². The van der Waals surface area contributed by atoms with Gasteiger partial charge in [0.1, 0.15) is 0 Å². The summed E-state index contributed by atoms with van der Waals surface area (Å²) in [5.74, 6) is 1.18. The largest absolute Gasteiger partial charge is 0.355 e. The van der Waals surface area contributed by atoms with Gasteiger partial charge < -0.3 is 9.84 Å². The molecule has 0 unspecified atom stereocenters. The molecule has 0 aliphatic heterocycles. The van der Waals surface area contributed by atoms with Crippen LogP contribution in [0.4, 0.5) is 0 Å². The minimum Gasteiger partial charge on any atom is -0.355 e. The van der Waals surface area contributed by atoms with E-state index in [1.807, 2.05) is 25.1 Å². The van der Waals surface area contributed by atoms with Crippen LogP contribution in [0.3, 0.4) is 0 Å². The summed E-state index contributed by atoms with van der Waals surface area (Å²) in [6.07, 6.45) is 3.25. The molecule has 6 nitrogen and oxygen atoms in total. The highest BCUT2D eigenvalue weighted by Gasteiger charge is 2.06. The first-order valence-corrected chi connectivity index (χ1v) is 6.26. The Morgan fingerprint density at radius 3 is 3.00 bits per heavy atom. The highest BCUT2D eigenvalue weighted by Crippen LogP contribution is 1.98. The smallest absolute Gasteiger partial charge is 0.226 e. The summed E-state index contributed by atoms with van der Waals surface area (Å²) in [4.78, 5) is 19.9. The summed E-state index contributed by atoms with van der Waals surface area (Å²) < 4.78 is 4.98. The van der Waals surface area contributed by atoms with Crippen LogP contribution in [-0.4, -0.2) is 27.6 Å². The Morgan fingerprint density at radius 2 is 2.32 bits per heavy atom. The average Bonchev–Trinajstić information content (AvgIpc) is 2.88. The Balaban J connectivity index is 1.72. The van der Waals surface area contributed by atoms with Gasteiger partial charge >= 0.3 is 0 Å². The maximum atomic E-state index is 11.6. The first-order valence-electron chi connectivity index (χ1n) is 6.26. The van der Waals surface area contributed by atoms with Crippen LogP contribution in [0.1, 0.15) is 24.3 Å². The number of carbonyl (C=O) groups is 1. The van der Waals surface area contributed by atoms with Crippen LogP contribution in [0.25, 0.3) is 0 Å². The lowest BCUT2D eigenvalue weighted by Gasteiger charge is -2.02. The number of amides is 1. The van der Waals surface area contributed by atoms with E-state index < -0.39 is 0 Å². The van der Waals surface area contributed by atoms with Crippen molar-refractivity contribution in [2.75, 3.05) is 6.54 Å². The van der Waals surface area contributed by atoms with Gasteiger partial charge in [0, 0.05) is 31.3 Å². The van der Waals surface area contributed by atoms with Gasteiger partial charge in [-0.3, -0.25) is 9.78 Å². The van der Waals surface area contributed by atoms with Crippen molar-refractivity contribution in [2.24, 2.45) is 0 Å². The number of nitrogens with zero attached hydrogens (tertiary/aromatic N) is 3. The molecule has 2 rings (SSSR count). The summed E-state index contributed by atoms with van der Waals surface area (Å²) in [6.45, 7) is 2.44. The zero-order valence-electron chi connectivity index (χ0n) is 10.8. The molecule has 0 aliphatic carbocycles. The lowest BCUT2D eigenvalue weighted by atomic mass is 10.2. The standard InChI is InChI=1S/C13H16N4O2/c1-2-13-16-11(17-19-13)6-8-15-12(18)9-10-5-3-4-7-14-10/h3-5,7H,2,6,8-9H2,1H3,(H,15,18). The zero-order valence-corrected chi connectivity index (χ0v) is 10.8. The maximum Gasteiger partial charge on any atom is 0.226 e. The van der Waals surface area contributed by atoms with Gasteiger partial charge in [-0.05, 0) is 12.1 Å². The van der Waals surface area contributed by atoms with Crippen molar-refractivity contribution in [3.63, 3.8) is 0 Å². The fraction of sp³-hybridized carbons (Fsp3) is 0.385. The van der Waals surface area contributed by atoms with Gasteiger partial charge in [0.25, 0.3) is 0 Å². The molecule has 0 fully saturated rings. The highest BCUT2D eigenvalue weighted by molar-refractivity contribution is 5.78. The molecule has 1 N–H and O–H groups in total. The van der Waals surface area contributed by atoms with E-state index >= 15 is 0 Å². The molecular formula is C13H16N4O2. The third-order valence-corrected chi connectivity index (χ3v) is 2.55. The Morgan fingerprint density at radius 1 is 1.42 bits per heavy atom. The van der Waals surface area contributed by atoms with Crippen molar-refractivity contribution in [1.29, 1.82) is 0 Å². The van der Waals surface area contributed by atoms with Crippen molar-refractivity contribution in [1.82, 2.24) is 20.4 Å². The second-order valence-electron chi connectivity index (χ2n) is 4.06. The third kappa shape index (κ3) is 4.17. The Kier molecular flexibility index (Phi) is 4.60. The van der Waals surface area contributed by atoms with Crippen LogP contribution >= 0.6 is 0 Å². The SMILES string of the molecule is CCc1nc(CCNC(=O)Cc2ccccn2)no1. The minimum absolute atomic E-state index is 0.0575. The lowest BCUT2D eigenvalue weighted by molar-refractivity contribution is -0.120. The van der Waals surface area contributed by atoms with Gasteiger partial charge in [0.2, 0.25) is 11.8 Å². The molecule has 0 saturated heterocycles. The van der Waals surface area contributed by atoms with Crippen LogP contribution < -0.4 is 5.32 Å². The first-order chi connectivity index (χ1) is 9.28. The predicted octanol–water partition coefficient (Wildman–Crippen LogP) is 0.928. The molecule has 0 radical (unpaired) electrons. The normalized spacial score (nSPS) is 10.4. The number of rotatable bonds is 6. The quantitative estimate of drug-likeness (QED) is 0.835. The monoisotopic (exact) mass is 260 g/mol. The van der Waals surface area contributed by atoms with E-state index in [1.54, 1.807) is 6.20 Å². The first kappa shape index (κ1) is 13.2. The highest BCUT2D eigenvalue weighted by atomic mass is 16.5. The van der Waals surface area contributed by atoms with Crippen molar-refractivity contribution in [2.45, 2.75) is 26.2 Å². The molecule has 0 bridgehead atoms.